The van der Waals surface area contributed by atoms with Crippen molar-refractivity contribution >= 4 is 17.8 Å². The molecule has 6 heteroatoms. The highest BCUT2D eigenvalue weighted by atomic mass is 16.2. The number of likely N-dealkylation sites (tertiary alicyclic amines) is 2. The number of allylic oxidation sites excluding steroid dienone is 2. The van der Waals surface area contributed by atoms with Gasteiger partial charge in [0.05, 0.1) is 17.9 Å². The summed E-state index contributed by atoms with van der Waals surface area (Å²) in [6.45, 7) is 3.35. The maximum absolute atomic E-state index is 12.3. The van der Waals surface area contributed by atoms with Crippen molar-refractivity contribution in [1.29, 1.82) is 0 Å². The number of hydrogen-bond acceptors (Lipinski definition) is 3. The number of fused-ring (bicyclic) bond motifs is 1. The van der Waals surface area contributed by atoms with Crippen molar-refractivity contribution < 1.29 is 14.4 Å². The van der Waals surface area contributed by atoms with E-state index in [0.29, 0.717) is 32.5 Å². The molecule has 4 amide bonds. The fourth-order valence-corrected chi connectivity index (χ4v) is 3.23. The normalized spacial score (nSPS) is 29.4. The molecule has 0 aromatic carbocycles. The van der Waals surface area contributed by atoms with Crippen molar-refractivity contribution in [1.82, 2.24) is 15.1 Å². The van der Waals surface area contributed by atoms with Crippen LogP contribution < -0.4 is 5.32 Å². The third-order valence-corrected chi connectivity index (χ3v) is 4.38. The maximum atomic E-state index is 12.3. The van der Waals surface area contributed by atoms with Gasteiger partial charge in [-0.1, -0.05) is 12.2 Å². The molecular formula is C14H19N3O3. The van der Waals surface area contributed by atoms with E-state index in [1.54, 1.807) is 4.90 Å². The van der Waals surface area contributed by atoms with Crippen LogP contribution in [0, 0.1) is 11.8 Å². The summed E-state index contributed by atoms with van der Waals surface area (Å²) in [5, 5.41) is 2.72. The van der Waals surface area contributed by atoms with Crippen LogP contribution in [0.4, 0.5) is 4.79 Å². The molecule has 3 rings (SSSR count). The zero-order chi connectivity index (χ0) is 14.3. The number of nitrogens with zero attached hydrogens (tertiary/aromatic N) is 2. The Morgan fingerprint density at radius 2 is 1.75 bits per heavy atom. The molecule has 2 unspecified atom stereocenters. The van der Waals surface area contributed by atoms with Crippen molar-refractivity contribution in [2.75, 3.05) is 19.6 Å². The number of carbonyl (C=O) groups excluding carboxylic acids is 3. The Bertz CT molecular complexity index is 456. The fraction of sp³-hybridized carbons (Fsp3) is 0.643. The number of carbonyl (C=O) groups is 3. The van der Waals surface area contributed by atoms with Gasteiger partial charge in [0.1, 0.15) is 0 Å². The van der Waals surface area contributed by atoms with Crippen LogP contribution in [0.1, 0.15) is 19.8 Å². The third kappa shape index (κ3) is 1.90. The molecule has 3 aliphatic rings. The van der Waals surface area contributed by atoms with Gasteiger partial charge in [-0.25, -0.2) is 4.79 Å². The van der Waals surface area contributed by atoms with Gasteiger partial charge in [0.15, 0.2) is 0 Å². The number of hydrogen-bond donors (Lipinski definition) is 1. The van der Waals surface area contributed by atoms with Crippen LogP contribution in [0.5, 0.6) is 0 Å². The first kappa shape index (κ1) is 13.1. The molecule has 0 bridgehead atoms. The van der Waals surface area contributed by atoms with Gasteiger partial charge in [0.2, 0.25) is 11.8 Å². The van der Waals surface area contributed by atoms with E-state index >= 15 is 0 Å². The van der Waals surface area contributed by atoms with E-state index in [1.807, 2.05) is 19.1 Å². The lowest BCUT2D eigenvalue weighted by Gasteiger charge is -2.42. The van der Waals surface area contributed by atoms with Gasteiger partial charge in [-0.15, -0.1) is 0 Å². The average Bonchev–Trinajstić information content (AvgIpc) is 2.63. The molecule has 1 N–H and O–H groups in total. The van der Waals surface area contributed by atoms with Crippen LogP contribution >= 0.6 is 0 Å². The number of urea groups is 1. The lowest BCUT2D eigenvalue weighted by Crippen LogP contribution is -2.64. The standard InChI is InChI=1S/C14H19N3O3/c1-2-15-14(20)16-7-9(8-16)17-12(18)10-5-3-4-6-11(10)13(17)19/h3-4,9-11H,2,5-8H2,1H3,(H,15,20). The number of rotatable bonds is 2. The summed E-state index contributed by atoms with van der Waals surface area (Å²) in [6, 6.07) is -0.259. The predicted molar refractivity (Wildman–Crippen MR) is 71.6 cm³/mol. The lowest BCUT2D eigenvalue weighted by molar-refractivity contribution is -0.145. The molecule has 0 aromatic heterocycles. The summed E-state index contributed by atoms with van der Waals surface area (Å²) >= 11 is 0. The minimum atomic E-state index is -0.175. The highest BCUT2D eigenvalue weighted by molar-refractivity contribution is 6.06. The first-order valence-corrected chi connectivity index (χ1v) is 7.18. The summed E-state index contributed by atoms with van der Waals surface area (Å²) < 4.78 is 0. The van der Waals surface area contributed by atoms with Gasteiger partial charge in [-0.3, -0.25) is 14.5 Å². The fourth-order valence-electron chi connectivity index (χ4n) is 3.23. The number of nitrogens with one attached hydrogen (secondary N) is 1. The van der Waals surface area contributed by atoms with E-state index in [0.717, 1.165) is 0 Å². The highest BCUT2D eigenvalue weighted by Crippen LogP contribution is 2.37. The highest BCUT2D eigenvalue weighted by Gasteiger charge is 2.52. The summed E-state index contributed by atoms with van der Waals surface area (Å²) in [5.74, 6) is -0.452. The van der Waals surface area contributed by atoms with Crippen LogP contribution in [-0.4, -0.2) is 53.3 Å². The van der Waals surface area contributed by atoms with E-state index in [9.17, 15) is 14.4 Å². The molecule has 0 spiro atoms. The van der Waals surface area contributed by atoms with E-state index in [-0.39, 0.29) is 35.7 Å². The van der Waals surface area contributed by atoms with Crippen LogP contribution in [0.3, 0.4) is 0 Å². The van der Waals surface area contributed by atoms with Crippen LogP contribution in [-0.2, 0) is 9.59 Å². The molecule has 2 heterocycles. The van der Waals surface area contributed by atoms with E-state index in [2.05, 4.69) is 5.32 Å². The van der Waals surface area contributed by atoms with E-state index < -0.39 is 0 Å². The molecule has 2 fully saturated rings. The van der Waals surface area contributed by atoms with Gasteiger partial charge in [-0.2, -0.15) is 0 Å². The zero-order valence-corrected chi connectivity index (χ0v) is 11.5. The van der Waals surface area contributed by atoms with Gasteiger partial charge in [0, 0.05) is 19.6 Å². The molecule has 6 nitrogen and oxygen atoms in total. The molecule has 2 saturated heterocycles. The topological polar surface area (TPSA) is 69.7 Å². The SMILES string of the molecule is CCNC(=O)N1CC(N2C(=O)C3CC=CCC3C2=O)C1. The van der Waals surface area contributed by atoms with Crippen LogP contribution in [0.2, 0.25) is 0 Å². The molecule has 2 aliphatic heterocycles. The summed E-state index contributed by atoms with van der Waals surface area (Å²) in [6.07, 6.45) is 5.30. The van der Waals surface area contributed by atoms with Crippen molar-refractivity contribution in [3.63, 3.8) is 0 Å². The third-order valence-electron chi connectivity index (χ3n) is 4.38. The second-order valence-electron chi connectivity index (χ2n) is 5.60. The Hall–Kier alpha value is -1.85. The maximum Gasteiger partial charge on any atom is 0.317 e. The van der Waals surface area contributed by atoms with Gasteiger partial charge in [-0.05, 0) is 19.8 Å². The number of imide groups is 1. The van der Waals surface area contributed by atoms with Crippen LogP contribution in [0.25, 0.3) is 0 Å². The second kappa shape index (κ2) is 4.92. The Balaban J connectivity index is 1.64. The molecule has 0 saturated carbocycles. The van der Waals surface area contributed by atoms with Crippen molar-refractivity contribution in [3.05, 3.63) is 12.2 Å². The number of amides is 4. The Kier molecular flexibility index (Phi) is 3.23. The quantitative estimate of drug-likeness (QED) is 0.585. The molecular weight excluding hydrogens is 258 g/mol. The molecule has 1 aliphatic carbocycles. The van der Waals surface area contributed by atoms with Gasteiger partial charge < -0.3 is 10.2 Å². The summed E-state index contributed by atoms with van der Waals surface area (Å²) in [5.41, 5.74) is 0. The van der Waals surface area contributed by atoms with Crippen LogP contribution in [0.15, 0.2) is 12.2 Å². The Labute approximate surface area is 117 Å². The summed E-state index contributed by atoms with van der Waals surface area (Å²) in [4.78, 5) is 39.3. The van der Waals surface area contributed by atoms with E-state index in [4.69, 9.17) is 0 Å². The Morgan fingerprint density at radius 3 is 2.25 bits per heavy atom. The van der Waals surface area contributed by atoms with Crippen molar-refractivity contribution in [2.24, 2.45) is 11.8 Å². The van der Waals surface area contributed by atoms with Gasteiger partial charge >= 0.3 is 6.03 Å². The van der Waals surface area contributed by atoms with Gasteiger partial charge in [0.25, 0.3) is 0 Å². The molecule has 108 valence electrons. The molecule has 0 radical (unpaired) electrons. The molecule has 20 heavy (non-hydrogen) atoms. The molecule has 0 aromatic rings. The lowest BCUT2D eigenvalue weighted by atomic mass is 9.85. The minimum Gasteiger partial charge on any atom is -0.338 e. The van der Waals surface area contributed by atoms with Crippen molar-refractivity contribution in [3.8, 4) is 0 Å². The minimum absolute atomic E-state index is 0.0510. The molecule has 2 atom stereocenters. The predicted octanol–water partition coefficient (Wildman–Crippen LogP) is 0.351. The van der Waals surface area contributed by atoms with Crippen molar-refractivity contribution in [2.45, 2.75) is 25.8 Å². The first-order valence-electron chi connectivity index (χ1n) is 7.18. The summed E-state index contributed by atoms with van der Waals surface area (Å²) in [7, 11) is 0. The first-order chi connectivity index (χ1) is 9.63. The smallest absolute Gasteiger partial charge is 0.317 e. The van der Waals surface area contributed by atoms with E-state index in [1.165, 1.54) is 4.90 Å². The largest absolute Gasteiger partial charge is 0.338 e. The Morgan fingerprint density at radius 1 is 1.20 bits per heavy atom. The average molecular weight is 277 g/mol. The second-order valence-corrected chi connectivity index (χ2v) is 5.60. The zero-order valence-electron chi connectivity index (χ0n) is 11.5. The monoisotopic (exact) mass is 277 g/mol.